The number of piperazine rings is 1. The third kappa shape index (κ3) is 3.98. The molecule has 4 heterocycles. The van der Waals surface area contributed by atoms with Gasteiger partial charge >= 0.3 is 0 Å². The van der Waals surface area contributed by atoms with Gasteiger partial charge in [0.15, 0.2) is 0 Å². The standard InChI is InChI=1S/C25H25N5O2S/c1-18-23(27(2)25(32)21-9-6-16-33-21)30-17-19(10-11-22(30)26-18)24(31)29-14-12-28(13-15-29)20-7-4-3-5-8-20/h3-11,16-17H,12-15H2,1-2H3. The molecule has 168 valence electrons. The molecule has 0 radical (unpaired) electrons. The van der Waals surface area contributed by atoms with E-state index in [1.165, 1.54) is 17.0 Å². The first-order valence-corrected chi connectivity index (χ1v) is 11.8. The van der Waals surface area contributed by atoms with Crippen molar-refractivity contribution in [3.05, 3.63) is 82.3 Å². The summed E-state index contributed by atoms with van der Waals surface area (Å²) in [6.07, 6.45) is 1.80. The van der Waals surface area contributed by atoms with Crippen LogP contribution in [0.2, 0.25) is 0 Å². The van der Waals surface area contributed by atoms with Crippen LogP contribution in [0.25, 0.3) is 5.65 Å². The molecule has 0 atom stereocenters. The van der Waals surface area contributed by atoms with E-state index in [4.69, 9.17) is 0 Å². The number of thiophene rings is 1. The number of carbonyl (C=O) groups is 2. The lowest BCUT2D eigenvalue weighted by Crippen LogP contribution is -2.48. The van der Waals surface area contributed by atoms with Crippen LogP contribution in [0, 0.1) is 6.92 Å². The molecule has 33 heavy (non-hydrogen) atoms. The first-order valence-electron chi connectivity index (χ1n) is 10.9. The van der Waals surface area contributed by atoms with E-state index < -0.39 is 0 Å². The van der Waals surface area contributed by atoms with Crippen molar-refractivity contribution in [3.63, 3.8) is 0 Å². The monoisotopic (exact) mass is 459 g/mol. The van der Waals surface area contributed by atoms with Crippen LogP contribution in [0.15, 0.2) is 66.2 Å². The lowest BCUT2D eigenvalue weighted by Gasteiger charge is -2.36. The minimum Gasteiger partial charge on any atom is -0.368 e. The Kier molecular flexibility index (Phi) is 5.60. The summed E-state index contributed by atoms with van der Waals surface area (Å²) in [6, 6.07) is 17.6. The molecule has 1 aliphatic rings. The summed E-state index contributed by atoms with van der Waals surface area (Å²) in [4.78, 5) is 37.3. The van der Waals surface area contributed by atoms with Crippen molar-refractivity contribution in [2.45, 2.75) is 6.92 Å². The minimum absolute atomic E-state index is 0.00542. The van der Waals surface area contributed by atoms with Gasteiger partial charge in [-0.05, 0) is 42.6 Å². The van der Waals surface area contributed by atoms with Crippen LogP contribution < -0.4 is 9.80 Å². The van der Waals surface area contributed by atoms with E-state index in [2.05, 4.69) is 22.0 Å². The second-order valence-electron chi connectivity index (χ2n) is 8.12. The number of fused-ring (bicyclic) bond motifs is 1. The highest BCUT2D eigenvalue weighted by Crippen LogP contribution is 2.25. The largest absolute Gasteiger partial charge is 0.368 e. The fourth-order valence-electron chi connectivity index (χ4n) is 4.33. The number of imidazole rings is 1. The Morgan fingerprint density at radius 3 is 2.42 bits per heavy atom. The number of amides is 2. The molecule has 0 aliphatic carbocycles. The molecule has 3 aromatic heterocycles. The Labute approximate surface area is 196 Å². The first-order chi connectivity index (χ1) is 16.0. The van der Waals surface area contributed by atoms with Crippen LogP contribution in [0.3, 0.4) is 0 Å². The van der Waals surface area contributed by atoms with Gasteiger partial charge in [-0.2, -0.15) is 0 Å². The molecule has 0 bridgehead atoms. The predicted molar refractivity (Wildman–Crippen MR) is 132 cm³/mol. The maximum atomic E-state index is 13.3. The Balaban J connectivity index is 1.37. The summed E-state index contributed by atoms with van der Waals surface area (Å²) < 4.78 is 1.84. The van der Waals surface area contributed by atoms with Crippen LogP contribution >= 0.6 is 11.3 Å². The Hall–Kier alpha value is -3.65. The molecule has 1 aliphatic heterocycles. The average molecular weight is 460 g/mol. The quantitative estimate of drug-likeness (QED) is 0.464. The zero-order chi connectivity index (χ0) is 22.9. The van der Waals surface area contributed by atoms with Gasteiger partial charge in [0.05, 0.1) is 16.1 Å². The number of carbonyl (C=O) groups excluding carboxylic acids is 2. The molecule has 1 saturated heterocycles. The summed E-state index contributed by atoms with van der Waals surface area (Å²) in [5, 5.41) is 1.89. The topological polar surface area (TPSA) is 61.2 Å². The third-order valence-corrected chi connectivity index (χ3v) is 6.91. The van der Waals surface area contributed by atoms with Gasteiger partial charge < -0.3 is 9.80 Å². The first kappa shape index (κ1) is 21.2. The molecule has 0 N–H and O–H groups in total. The fourth-order valence-corrected chi connectivity index (χ4v) is 5.03. The number of hydrogen-bond acceptors (Lipinski definition) is 5. The van der Waals surface area contributed by atoms with Gasteiger partial charge in [-0.3, -0.25) is 18.9 Å². The second kappa shape index (κ2) is 8.71. The van der Waals surface area contributed by atoms with E-state index in [0.29, 0.717) is 35.0 Å². The molecular formula is C25H25N5O2S. The van der Waals surface area contributed by atoms with Crippen molar-refractivity contribution in [1.82, 2.24) is 14.3 Å². The SMILES string of the molecule is Cc1nc2ccc(C(=O)N3CCN(c4ccccc4)CC3)cn2c1N(C)C(=O)c1cccs1. The van der Waals surface area contributed by atoms with Gasteiger partial charge in [0.2, 0.25) is 0 Å². The molecular weight excluding hydrogens is 434 g/mol. The van der Waals surface area contributed by atoms with Crippen LogP contribution in [-0.2, 0) is 0 Å². The van der Waals surface area contributed by atoms with Crippen molar-refractivity contribution < 1.29 is 9.59 Å². The van der Waals surface area contributed by atoms with Gasteiger partial charge in [0.1, 0.15) is 11.5 Å². The smallest absolute Gasteiger partial charge is 0.269 e. The number of nitrogens with zero attached hydrogens (tertiary/aromatic N) is 5. The highest BCUT2D eigenvalue weighted by Gasteiger charge is 2.25. The summed E-state index contributed by atoms with van der Waals surface area (Å²) in [7, 11) is 1.75. The van der Waals surface area contributed by atoms with Crippen molar-refractivity contribution >= 4 is 40.3 Å². The summed E-state index contributed by atoms with van der Waals surface area (Å²) in [5.74, 6) is 0.574. The Morgan fingerprint density at radius 2 is 1.73 bits per heavy atom. The van der Waals surface area contributed by atoms with Crippen molar-refractivity contribution in [2.24, 2.45) is 0 Å². The number of benzene rings is 1. The number of anilines is 2. The molecule has 0 spiro atoms. The second-order valence-corrected chi connectivity index (χ2v) is 9.07. The van der Waals surface area contributed by atoms with Crippen LogP contribution in [0.5, 0.6) is 0 Å². The maximum absolute atomic E-state index is 13.3. The molecule has 5 rings (SSSR count). The number of para-hydroxylation sites is 1. The van der Waals surface area contributed by atoms with Crippen molar-refractivity contribution in [2.75, 3.05) is 43.0 Å². The Morgan fingerprint density at radius 1 is 0.970 bits per heavy atom. The Bertz CT molecular complexity index is 1290. The number of aromatic nitrogens is 2. The molecule has 1 fully saturated rings. The van der Waals surface area contributed by atoms with Crippen molar-refractivity contribution in [3.8, 4) is 0 Å². The van der Waals surface area contributed by atoms with E-state index in [0.717, 1.165) is 18.8 Å². The summed E-state index contributed by atoms with van der Waals surface area (Å²) in [5.41, 5.74) is 3.22. The number of pyridine rings is 1. The third-order valence-electron chi connectivity index (χ3n) is 6.05. The molecule has 1 aromatic carbocycles. The van der Waals surface area contributed by atoms with E-state index in [1.54, 1.807) is 18.1 Å². The fraction of sp³-hybridized carbons (Fsp3) is 0.240. The van der Waals surface area contributed by atoms with Crippen LogP contribution in [-0.4, -0.2) is 59.3 Å². The predicted octanol–water partition coefficient (Wildman–Crippen LogP) is 3.94. The zero-order valence-electron chi connectivity index (χ0n) is 18.6. The highest BCUT2D eigenvalue weighted by molar-refractivity contribution is 7.12. The normalized spacial score (nSPS) is 14.0. The lowest BCUT2D eigenvalue weighted by atomic mass is 10.2. The lowest BCUT2D eigenvalue weighted by molar-refractivity contribution is 0.0746. The van der Waals surface area contributed by atoms with Gasteiger partial charge in [0.25, 0.3) is 11.8 Å². The van der Waals surface area contributed by atoms with Gasteiger partial charge in [-0.1, -0.05) is 24.3 Å². The number of rotatable bonds is 4. The van der Waals surface area contributed by atoms with Gasteiger partial charge in [-0.15, -0.1) is 11.3 Å². The number of hydrogen-bond donors (Lipinski definition) is 0. The van der Waals surface area contributed by atoms with Crippen LogP contribution in [0.1, 0.15) is 25.7 Å². The number of aryl methyl sites for hydroxylation is 1. The summed E-state index contributed by atoms with van der Waals surface area (Å²) in [6.45, 7) is 4.80. The van der Waals surface area contributed by atoms with Crippen LogP contribution in [0.4, 0.5) is 11.5 Å². The average Bonchev–Trinajstić information content (AvgIpc) is 3.50. The zero-order valence-corrected chi connectivity index (χ0v) is 19.5. The molecule has 7 nitrogen and oxygen atoms in total. The molecule has 8 heteroatoms. The van der Waals surface area contributed by atoms with Gasteiger partial charge in [0, 0.05) is 45.1 Å². The van der Waals surface area contributed by atoms with Gasteiger partial charge in [-0.25, -0.2) is 4.98 Å². The maximum Gasteiger partial charge on any atom is 0.269 e. The van der Waals surface area contributed by atoms with E-state index in [-0.39, 0.29) is 11.8 Å². The molecule has 4 aromatic rings. The van der Waals surface area contributed by atoms with E-state index in [1.807, 2.05) is 64.1 Å². The van der Waals surface area contributed by atoms with E-state index in [9.17, 15) is 9.59 Å². The molecule has 0 unspecified atom stereocenters. The van der Waals surface area contributed by atoms with E-state index >= 15 is 0 Å². The summed E-state index contributed by atoms with van der Waals surface area (Å²) >= 11 is 1.41. The minimum atomic E-state index is -0.0938. The van der Waals surface area contributed by atoms with Crippen molar-refractivity contribution in [1.29, 1.82) is 0 Å². The molecule has 0 saturated carbocycles. The molecule has 2 amide bonds. The highest BCUT2D eigenvalue weighted by atomic mass is 32.1.